The minimum absolute atomic E-state index is 0.329. The number of carbonyl (C=O) groups is 1. The smallest absolute Gasteiger partial charge is 0.322 e. The molecule has 1 aliphatic heterocycles. The van der Waals surface area contributed by atoms with E-state index < -0.39 is 22.0 Å². The fourth-order valence-corrected chi connectivity index (χ4v) is 2.50. The Balaban J connectivity index is 0.000000791. The summed E-state index contributed by atoms with van der Waals surface area (Å²) >= 11 is 0. The zero-order valence-corrected chi connectivity index (χ0v) is 9.54. The molecule has 0 aromatic heterocycles. The lowest BCUT2D eigenvalue weighted by Gasteiger charge is -2.17. The number of aliphatic carboxylic acids is 1. The van der Waals surface area contributed by atoms with Crippen LogP contribution < -0.4 is 0 Å². The zero-order chi connectivity index (χ0) is 11.4. The summed E-state index contributed by atoms with van der Waals surface area (Å²) in [6.45, 7) is 4.33. The van der Waals surface area contributed by atoms with E-state index in [0.29, 0.717) is 19.4 Å². The summed E-state index contributed by atoms with van der Waals surface area (Å²) in [6.07, 6.45) is 2.08. The van der Waals surface area contributed by atoms with E-state index in [0.717, 1.165) is 10.6 Å². The van der Waals surface area contributed by atoms with Crippen LogP contribution in [-0.2, 0) is 14.8 Å². The van der Waals surface area contributed by atoms with Crippen molar-refractivity contribution in [3.8, 4) is 0 Å². The molecule has 1 aliphatic rings. The third-order valence-electron chi connectivity index (χ3n) is 1.91. The fourth-order valence-electron chi connectivity index (χ4n) is 1.38. The van der Waals surface area contributed by atoms with Gasteiger partial charge in [-0.2, -0.15) is 4.31 Å². The maximum Gasteiger partial charge on any atom is 0.322 e. The third kappa shape index (κ3) is 3.26. The average molecular weight is 223 g/mol. The van der Waals surface area contributed by atoms with Gasteiger partial charge in [-0.15, -0.1) is 0 Å². The lowest BCUT2D eigenvalue weighted by molar-refractivity contribution is -0.140. The first-order chi connectivity index (χ1) is 6.43. The predicted molar refractivity (Wildman–Crippen MR) is 53.6 cm³/mol. The molecule has 0 aliphatic carbocycles. The molecule has 1 unspecified atom stereocenters. The minimum atomic E-state index is -3.34. The second-order valence-corrected chi connectivity index (χ2v) is 4.81. The first-order valence-corrected chi connectivity index (χ1v) is 6.47. The molecule has 1 N–H and O–H groups in total. The molecular weight excluding hydrogens is 206 g/mol. The van der Waals surface area contributed by atoms with Crippen LogP contribution in [-0.4, -0.2) is 42.6 Å². The number of rotatable bonds is 2. The molecule has 1 atom stereocenters. The summed E-state index contributed by atoms with van der Waals surface area (Å²) in [4.78, 5) is 10.6. The zero-order valence-electron chi connectivity index (χ0n) is 8.73. The third-order valence-corrected chi connectivity index (χ3v) is 3.20. The first kappa shape index (κ1) is 13.4. The van der Waals surface area contributed by atoms with Crippen LogP contribution in [0.2, 0.25) is 0 Å². The molecule has 1 fully saturated rings. The second-order valence-electron chi connectivity index (χ2n) is 2.87. The van der Waals surface area contributed by atoms with Gasteiger partial charge in [0.15, 0.2) is 0 Å². The maximum absolute atomic E-state index is 11.0. The second kappa shape index (κ2) is 5.31. The molecule has 0 bridgehead atoms. The maximum atomic E-state index is 11.0. The summed E-state index contributed by atoms with van der Waals surface area (Å²) < 4.78 is 23.1. The molecule has 1 heterocycles. The van der Waals surface area contributed by atoms with E-state index in [1.165, 1.54) is 0 Å². The van der Waals surface area contributed by atoms with Gasteiger partial charge in [0.1, 0.15) is 6.04 Å². The van der Waals surface area contributed by atoms with Gasteiger partial charge in [0.2, 0.25) is 10.0 Å². The Kier molecular flexibility index (Phi) is 5.07. The molecule has 0 radical (unpaired) electrons. The van der Waals surface area contributed by atoms with Gasteiger partial charge in [0, 0.05) is 6.54 Å². The van der Waals surface area contributed by atoms with Crippen molar-refractivity contribution in [1.82, 2.24) is 4.31 Å². The van der Waals surface area contributed by atoms with E-state index in [1.807, 2.05) is 13.8 Å². The highest BCUT2D eigenvalue weighted by Crippen LogP contribution is 2.19. The summed E-state index contributed by atoms with van der Waals surface area (Å²) in [5, 5.41) is 8.64. The highest BCUT2D eigenvalue weighted by molar-refractivity contribution is 7.88. The van der Waals surface area contributed by atoms with Gasteiger partial charge < -0.3 is 5.11 Å². The Morgan fingerprint density at radius 2 is 1.93 bits per heavy atom. The monoisotopic (exact) mass is 223 g/mol. The molecule has 1 rings (SSSR count). The highest BCUT2D eigenvalue weighted by atomic mass is 32.2. The SMILES string of the molecule is CC.CS(=O)(=O)N1CCCC1C(=O)O. The molecule has 1 saturated heterocycles. The van der Waals surface area contributed by atoms with Crippen LogP contribution in [0.5, 0.6) is 0 Å². The van der Waals surface area contributed by atoms with Crippen LogP contribution in [0, 0.1) is 0 Å². The van der Waals surface area contributed by atoms with Gasteiger partial charge in [-0.25, -0.2) is 8.42 Å². The van der Waals surface area contributed by atoms with E-state index in [4.69, 9.17) is 5.11 Å². The van der Waals surface area contributed by atoms with Crippen molar-refractivity contribution in [3.05, 3.63) is 0 Å². The molecule has 6 heteroatoms. The quantitative estimate of drug-likeness (QED) is 0.740. The lowest BCUT2D eigenvalue weighted by atomic mass is 10.2. The molecule has 0 saturated carbocycles. The molecule has 0 amide bonds. The summed E-state index contributed by atoms with van der Waals surface area (Å²) in [6, 6.07) is -0.847. The summed E-state index contributed by atoms with van der Waals surface area (Å²) in [5.74, 6) is -1.06. The highest BCUT2D eigenvalue weighted by Gasteiger charge is 2.36. The van der Waals surface area contributed by atoms with E-state index in [9.17, 15) is 13.2 Å². The van der Waals surface area contributed by atoms with Gasteiger partial charge in [-0.05, 0) is 12.8 Å². The van der Waals surface area contributed by atoms with E-state index in [-0.39, 0.29) is 0 Å². The minimum Gasteiger partial charge on any atom is -0.480 e. The molecule has 14 heavy (non-hydrogen) atoms. The van der Waals surface area contributed by atoms with Crippen molar-refractivity contribution in [1.29, 1.82) is 0 Å². The Morgan fingerprint density at radius 3 is 2.21 bits per heavy atom. The standard InChI is InChI=1S/C6H11NO4S.C2H6/c1-12(10,11)7-4-2-3-5(7)6(8)9;1-2/h5H,2-4H2,1H3,(H,8,9);1-2H3. The van der Waals surface area contributed by atoms with Crippen LogP contribution in [0.3, 0.4) is 0 Å². The van der Waals surface area contributed by atoms with Crippen molar-refractivity contribution in [2.24, 2.45) is 0 Å². The number of nitrogens with zero attached hydrogens (tertiary/aromatic N) is 1. The van der Waals surface area contributed by atoms with Crippen LogP contribution in [0.25, 0.3) is 0 Å². The average Bonchev–Trinajstić information content (AvgIpc) is 2.54. The van der Waals surface area contributed by atoms with Gasteiger partial charge >= 0.3 is 5.97 Å². The van der Waals surface area contributed by atoms with Gasteiger partial charge in [0.25, 0.3) is 0 Å². The summed E-state index contributed by atoms with van der Waals surface area (Å²) in [5.41, 5.74) is 0. The van der Waals surface area contributed by atoms with Crippen molar-refractivity contribution in [2.75, 3.05) is 12.8 Å². The van der Waals surface area contributed by atoms with Crippen LogP contribution >= 0.6 is 0 Å². The topological polar surface area (TPSA) is 74.7 Å². The molecule has 84 valence electrons. The van der Waals surface area contributed by atoms with Crippen LogP contribution in [0.15, 0.2) is 0 Å². The lowest BCUT2D eigenvalue weighted by Crippen LogP contribution is -2.39. The fraction of sp³-hybridized carbons (Fsp3) is 0.875. The number of carboxylic acids is 1. The van der Waals surface area contributed by atoms with Crippen molar-refractivity contribution < 1.29 is 18.3 Å². The molecule has 0 aromatic carbocycles. The van der Waals surface area contributed by atoms with Gasteiger partial charge in [-0.1, -0.05) is 13.8 Å². The number of hydrogen-bond acceptors (Lipinski definition) is 3. The Morgan fingerprint density at radius 1 is 1.43 bits per heavy atom. The predicted octanol–water partition coefficient (Wildman–Crippen LogP) is 0.521. The molecular formula is C8H17NO4S. The first-order valence-electron chi connectivity index (χ1n) is 4.62. The molecule has 5 nitrogen and oxygen atoms in total. The summed E-state index contributed by atoms with van der Waals surface area (Å²) in [7, 11) is -3.34. The Hall–Kier alpha value is -0.620. The van der Waals surface area contributed by atoms with E-state index in [2.05, 4.69) is 0 Å². The largest absolute Gasteiger partial charge is 0.480 e. The Labute approximate surface area is 84.8 Å². The molecule has 0 spiro atoms. The van der Waals surface area contributed by atoms with Crippen molar-refractivity contribution >= 4 is 16.0 Å². The number of sulfonamides is 1. The van der Waals surface area contributed by atoms with Crippen LogP contribution in [0.1, 0.15) is 26.7 Å². The normalized spacial score (nSPS) is 22.6. The Bertz CT molecular complexity index is 286. The van der Waals surface area contributed by atoms with Crippen molar-refractivity contribution in [2.45, 2.75) is 32.7 Å². The van der Waals surface area contributed by atoms with Crippen LogP contribution in [0.4, 0.5) is 0 Å². The van der Waals surface area contributed by atoms with E-state index >= 15 is 0 Å². The molecule has 0 aromatic rings. The van der Waals surface area contributed by atoms with Gasteiger partial charge in [-0.3, -0.25) is 4.79 Å². The van der Waals surface area contributed by atoms with Crippen molar-refractivity contribution in [3.63, 3.8) is 0 Å². The number of carboxylic acid groups (broad SMARTS) is 1. The van der Waals surface area contributed by atoms with E-state index in [1.54, 1.807) is 0 Å². The van der Waals surface area contributed by atoms with Gasteiger partial charge in [0.05, 0.1) is 6.26 Å². The number of hydrogen-bond donors (Lipinski definition) is 1.